The van der Waals surface area contributed by atoms with Crippen molar-refractivity contribution >= 4 is 23.2 Å². The van der Waals surface area contributed by atoms with Crippen molar-refractivity contribution in [3.63, 3.8) is 0 Å². The summed E-state index contributed by atoms with van der Waals surface area (Å²) >= 11 is 0. The van der Waals surface area contributed by atoms with Crippen LogP contribution in [-0.4, -0.2) is 30.0 Å². The number of allylic oxidation sites excluding steroid dienone is 1. The first kappa shape index (κ1) is 18.0. The zero-order valence-electron chi connectivity index (χ0n) is 16.3. The van der Waals surface area contributed by atoms with Crippen LogP contribution >= 0.6 is 0 Å². The van der Waals surface area contributed by atoms with Crippen molar-refractivity contribution in [1.82, 2.24) is 9.97 Å². The van der Waals surface area contributed by atoms with E-state index in [9.17, 15) is 9.59 Å². The van der Waals surface area contributed by atoms with E-state index >= 15 is 0 Å². The number of benzene rings is 2. The van der Waals surface area contributed by atoms with Gasteiger partial charge >= 0.3 is 0 Å². The number of para-hydroxylation sites is 1. The molecule has 0 spiro atoms. The summed E-state index contributed by atoms with van der Waals surface area (Å²) in [5.74, 6) is 0.395. The molecule has 1 aliphatic heterocycles. The second kappa shape index (κ2) is 6.48. The van der Waals surface area contributed by atoms with E-state index in [1.807, 2.05) is 24.3 Å². The van der Waals surface area contributed by atoms with Gasteiger partial charge in [0.1, 0.15) is 5.82 Å². The van der Waals surface area contributed by atoms with Crippen LogP contribution in [0.2, 0.25) is 0 Å². The third-order valence-electron chi connectivity index (χ3n) is 5.49. The summed E-state index contributed by atoms with van der Waals surface area (Å²) in [4.78, 5) is 33.2. The first-order valence-corrected chi connectivity index (χ1v) is 9.31. The third kappa shape index (κ3) is 2.37. The van der Waals surface area contributed by atoms with E-state index in [4.69, 9.17) is 15.2 Å². The number of aromatic amines is 1. The van der Waals surface area contributed by atoms with Gasteiger partial charge in [-0.15, -0.1) is 0 Å². The van der Waals surface area contributed by atoms with Crippen molar-refractivity contribution in [2.75, 3.05) is 25.3 Å². The van der Waals surface area contributed by atoms with E-state index in [0.717, 1.165) is 5.56 Å². The maximum Gasteiger partial charge on any atom is 0.258 e. The minimum Gasteiger partial charge on any atom is -0.493 e. The number of carbonyl (C=O) groups excluding carboxylic acids is 1. The second-order valence-electron chi connectivity index (χ2n) is 7.02. The molecule has 0 radical (unpaired) electrons. The standard InChI is InChI=1S/C22H18N4O4/c1-29-13-9-5-8-12(19(13)30-2)14-15-17(10-6-3-4-7-11(10)18(15)27)24-20-16(14)21(28)26-22(23)25-20/h3-9,14H,1-2H3,(H4,23,24,25,26,28). The monoisotopic (exact) mass is 402 g/mol. The Morgan fingerprint density at radius 3 is 2.50 bits per heavy atom. The van der Waals surface area contributed by atoms with Crippen molar-refractivity contribution in [3.05, 3.63) is 80.6 Å². The topological polar surface area (TPSA) is 119 Å². The molecule has 3 aromatic rings. The van der Waals surface area contributed by atoms with E-state index in [1.54, 1.807) is 18.2 Å². The van der Waals surface area contributed by atoms with Crippen LogP contribution in [0.25, 0.3) is 5.70 Å². The van der Waals surface area contributed by atoms with Gasteiger partial charge in [0.05, 0.1) is 31.4 Å². The summed E-state index contributed by atoms with van der Waals surface area (Å²) in [6.07, 6.45) is 0. The summed E-state index contributed by atoms with van der Waals surface area (Å²) in [6.45, 7) is 0. The molecule has 0 saturated heterocycles. The van der Waals surface area contributed by atoms with Gasteiger partial charge in [-0.2, -0.15) is 4.98 Å². The number of nitrogens with two attached hydrogens (primary N) is 1. The van der Waals surface area contributed by atoms with Crippen molar-refractivity contribution in [2.24, 2.45) is 0 Å². The number of methoxy groups -OCH3 is 2. The van der Waals surface area contributed by atoms with E-state index in [-0.39, 0.29) is 11.7 Å². The predicted molar refractivity (Wildman–Crippen MR) is 112 cm³/mol. The first-order valence-electron chi connectivity index (χ1n) is 9.31. The van der Waals surface area contributed by atoms with Crippen molar-refractivity contribution in [1.29, 1.82) is 0 Å². The number of anilines is 2. The molecule has 2 heterocycles. The molecule has 1 aromatic heterocycles. The van der Waals surface area contributed by atoms with Gasteiger partial charge in [-0.1, -0.05) is 36.4 Å². The Balaban J connectivity index is 1.86. The second-order valence-corrected chi connectivity index (χ2v) is 7.02. The highest BCUT2D eigenvalue weighted by Crippen LogP contribution is 2.50. The molecule has 1 atom stereocenters. The Morgan fingerprint density at radius 1 is 1.00 bits per heavy atom. The summed E-state index contributed by atoms with van der Waals surface area (Å²) in [5.41, 5.74) is 8.72. The van der Waals surface area contributed by atoms with Crippen LogP contribution < -0.4 is 26.1 Å². The molecule has 8 heteroatoms. The molecule has 1 unspecified atom stereocenters. The normalized spacial score (nSPS) is 16.5. The fourth-order valence-corrected chi connectivity index (χ4v) is 4.29. The molecule has 2 aliphatic rings. The molecule has 1 aliphatic carbocycles. The van der Waals surface area contributed by atoms with Gasteiger partial charge in [-0.05, 0) is 6.07 Å². The lowest BCUT2D eigenvalue weighted by Gasteiger charge is -2.28. The lowest BCUT2D eigenvalue weighted by Crippen LogP contribution is -2.29. The number of ketones is 1. The van der Waals surface area contributed by atoms with Gasteiger partial charge < -0.3 is 20.5 Å². The smallest absolute Gasteiger partial charge is 0.258 e. The maximum atomic E-state index is 13.4. The van der Waals surface area contributed by atoms with Crippen LogP contribution in [0.1, 0.15) is 33.0 Å². The number of fused-ring (bicyclic) bond motifs is 3. The minimum atomic E-state index is -0.710. The zero-order valence-corrected chi connectivity index (χ0v) is 16.3. The molecule has 0 amide bonds. The molecule has 30 heavy (non-hydrogen) atoms. The largest absolute Gasteiger partial charge is 0.493 e. The van der Waals surface area contributed by atoms with Crippen LogP contribution in [0.5, 0.6) is 11.5 Å². The van der Waals surface area contributed by atoms with Gasteiger partial charge in [-0.3, -0.25) is 14.6 Å². The number of Topliss-reactive ketones (excluding diaryl/α,β-unsaturated/α-hetero) is 1. The number of carbonyl (C=O) groups is 1. The number of H-pyrrole nitrogens is 1. The molecule has 8 nitrogen and oxygen atoms in total. The molecule has 0 bridgehead atoms. The fourth-order valence-electron chi connectivity index (χ4n) is 4.29. The summed E-state index contributed by atoms with van der Waals surface area (Å²) in [7, 11) is 3.06. The average molecular weight is 402 g/mol. The lowest BCUT2D eigenvalue weighted by atomic mass is 9.81. The van der Waals surface area contributed by atoms with Gasteiger partial charge in [0.15, 0.2) is 17.3 Å². The quantitative estimate of drug-likeness (QED) is 0.616. The number of nitrogen functional groups attached to an aromatic ring is 1. The van der Waals surface area contributed by atoms with Gasteiger partial charge in [-0.25, -0.2) is 0 Å². The van der Waals surface area contributed by atoms with Crippen molar-refractivity contribution < 1.29 is 14.3 Å². The van der Waals surface area contributed by atoms with Gasteiger partial charge in [0.25, 0.3) is 5.56 Å². The highest BCUT2D eigenvalue weighted by Gasteiger charge is 2.43. The number of ether oxygens (including phenoxy) is 2. The predicted octanol–water partition coefficient (Wildman–Crippen LogP) is 2.53. The number of nitrogens with one attached hydrogen (secondary N) is 2. The van der Waals surface area contributed by atoms with Gasteiger partial charge in [0.2, 0.25) is 5.95 Å². The summed E-state index contributed by atoms with van der Waals surface area (Å²) in [5, 5.41) is 3.17. The van der Waals surface area contributed by atoms with Crippen LogP contribution in [-0.2, 0) is 0 Å². The Labute approximate surface area is 171 Å². The molecule has 4 N–H and O–H groups in total. The molecule has 5 rings (SSSR count). The van der Waals surface area contributed by atoms with Crippen molar-refractivity contribution in [3.8, 4) is 11.5 Å². The van der Waals surface area contributed by atoms with E-state index in [0.29, 0.717) is 45.3 Å². The summed E-state index contributed by atoms with van der Waals surface area (Å²) in [6, 6.07) is 12.7. The van der Waals surface area contributed by atoms with Crippen LogP contribution in [0.4, 0.5) is 11.8 Å². The Morgan fingerprint density at radius 2 is 1.77 bits per heavy atom. The minimum absolute atomic E-state index is 0.00994. The van der Waals surface area contributed by atoms with Gasteiger partial charge in [0, 0.05) is 22.3 Å². The first-order chi connectivity index (χ1) is 14.5. The molecule has 0 fully saturated rings. The van der Waals surface area contributed by atoms with Crippen LogP contribution in [0, 0.1) is 0 Å². The SMILES string of the molecule is COc1cccc(C2C3=C(Nc4nc(N)[nH]c(=O)c42)c2ccccc2C3=O)c1OC. The highest BCUT2D eigenvalue weighted by atomic mass is 16.5. The lowest BCUT2D eigenvalue weighted by molar-refractivity contribution is 0.103. The van der Waals surface area contributed by atoms with Crippen LogP contribution in [0.15, 0.2) is 52.8 Å². The maximum absolute atomic E-state index is 13.4. The zero-order chi connectivity index (χ0) is 21.0. The van der Waals surface area contributed by atoms with E-state index < -0.39 is 11.5 Å². The van der Waals surface area contributed by atoms with Crippen LogP contribution in [0.3, 0.4) is 0 Å². The highest BCUT2D eigenvalue weighted by molar-refractivity contribution is 6.23. The van der Waals surface area contributed by atoms with Crippen molar-refractivity contribution in [2.45, 2.75) is 5.92 Å². The number of hydrogen-bond donors (Lipinski definition) is 3. The average Bonchev–Trinajstić information content (AvgIpc) is 3.03. The molecule has 2 aromatic carbocycles. The fraction of sp³-hybridized carbons (Fsp3) is 0.136. The summed E-state index contributed by atoms with van der Waals surface area (Å²) < 4.78 is 11.1. The van der Waals surface area contributed by atoms with E-state index in [2.05, 4.69) is 15.3 Å². The molecular formula is C22H18N4O4. The number of nitrogens with zero attached hydrogens (tertiary/aromatic N) is 1. The Bertz CT molecular complexity index is 1310. The molecule has 0 saturated carbocycles. The molecule has 150 valence electrons. The Kier molecular flexibility index (Phi) is 3.89. The number of hydrogen-bond acceptors (Lipinski definition) is 7. The van der Waals surface area contributed by atoms with E-state index in [1.165, 1.54) is 14.2 Å². The number of aromatic nitrogens is 2. The third-order valence-corrected chi connectivity index (χ3v) is 5.49. The Hall–Kier alpha value is -4.07. The molecular weight excluding hydrogens is 384 g/mol. The number of rotatable bonds is 3.